The Bertz CT molecular complexity index is 849. The van der Waals surface area contributed by atoms with E-state index in [1.807, 2.05) is 18.2 Å². The number of pyridine rings is 1. The number of nitrogens with zero attached hydrogens (tertiary/aromatic N) is 3. The Morgan fingerprint density at radius 3 is 2.70 bits per heavy atom. The van der Waals surface area contributed by atoms with Gasteiger partial charge in [-0.05, 0) is 41.1 Å². The molecule has 0 bridgehead atoms. The van der Waals surface area contributed by atoms with Crippen LogP contribution in [-0.2, 0) is 4.79 Å². The van der Waals surface area contributed by atoms with E-state index in [0.717, 1.165) is 4.47 Å². The Morgan fingerprint density at radius 1 is 1.26 bits per heavy atom. The molecular formula is C16H11BrClN3O2. The fourth-order valence-corrected chi connectivity index (χ4v) is 2.67. The molecule has 2 heterocycles. The van der Waals surface area contributed by atoms with Crippen LogP contribution in [0.3, 0.4) is 0 Å². The quantitative estimate of drug-likeness (QED) is 0.601. The number of rotatable bonds is 4. The van der Waals surface area contributed by atoms with Crippen LogP contribution in [0.2, 0.25) is 5.02 Å². The van der Waals surface area contributed by atoms with Crippen LogP contribution in [-0.4, -0.2) is 16.6 Å². The normalized spacial score (nSPS) is 10.6. The molecule has 0 atom stereocenters. The van der Waals surface area contributed by atoms with Gasteiger partial charge in [-0.25, -0.2) is 4.98 Å². The molecule has 1 aromatic carbocycles. The molecule has 5 nitrogen and oxygen atoms in total. The molecule has 0 unspecified atom stereocenters. The second-order valence-corrected chi connectivity index (χ2v) is 6.05. The Kier molecular flexibility index (Phi) is 4.45. The van der Waals surface area contributed by atoms with Gasteiger partial charge in [-0.2, -0.15) is 0 Å². The third kappa shape index (κ3) is 3.00. The summed E-state index contributed by atoms with van der Waals surface area (Å²) in [5.74, 6) is 0.958. The molecule has 0 spiro atoms. The molecule has 7 heteroatoms. The summed E-state index contributed by atoms with van der Waals surface area (Å²) in [6.07, 6.45) is 2.29. The van der Waals surface area contributed by atoms with E-state index in [2.05, 4.69) is 26.1 Å². The van der Waals surface area contributed by atoms with Crippen LogP contribution in [0, 0.1) is 6.92 Å². The fourth-order valence-electron chi connectivity index (χ4n) is 2.21. The second kappa shape index (κ2) is 6.52. The Hall–Kier alpha value is -2.18. The van der Waals surface area contributed by atoms with Crippen molar-refractivity contribution in [1.29, 1.82) is 0 Å². The largest absolute Gasteiger partial charge is 0.359 e. The van der Waals surface area contributed by atoms with E-state index in [1.54, 1.807) is 31.3 Å². The summed E-state index contributed by atoms with van der Waals surface area (Å²) in [5.41, 5.74) is 1.69. The average Bonchev–Trinajstić information content (AvgIpc) is 2.92. The lowest BCUT2D eigenvalue weighted by atomic mass is 10.1. The minimum absolute atomic E-state index is 0.461. The number of amides is 1. The van der Waals surface area contributed by atoms with Crippen molar-refractivity contribution in [3.05, 3.63) is 57.9 Å². The lowest BCUT2D eigenvalue weighted by Crippen LogP contribution is -2.16. The monoisotopic (exact) mass is 391 g/mol. The van der Waals surface area contributed by atoms with E-state index in [9.17, 15) is 4.79 Å². The van der Waals surface area contributed by atoms with Crippen LogP contribution in [0.25, 0.3) is 11.3 Å². The third-order valence-electron chi connectivity index (χ3n) is 3.27. The average molecular weight is 393 g/mol. The third-order valence-corrected chi connectivity index (χ3v) is 4.06. The maximum Gasteiger partial charge on any atom is 0.220 e. The first-order valence-electron chi connectivity index (χ1n) is 6.69. The van der Waals surface area contributed by atoms with Gasteiger partial charge < -0.3 is 4.52 Å². The van der Waals surface area contributed by atoms with Gasteiger partial charge in [0.25, 0.3) is 0 Å². The van der Waals surface area contributed by atoms with Crippen molar-refractivity contribution in [1.82, 2.24) is 10.1 Å². The van der Waals surface area contributed by atoms with Crippen molar-refractivity contribution in [3.63, 3.8) is 0 Å². The molecule has 0 aliphatic heterocycles. The van der Waals surface area contributed by atoms with Gasteiger partial charge in [0.2, 0.25) is 6.41 Å². The smallest absolute Gasteiger partial charge is 0.220 e. The van der Waals surface area contributed by atoms with Crippen molar-refractivity contribution in [2.75, 3.05) is 4.90 Å². The zero-order valence-corrected chi connectivity index (χ0v) is 14.4. The Labute approximate surface area is 146 Å². The van der Waals surface area contributed by atoms with E-state index in [1.165, 1.54) is 4.90 Å². The number of halogens is 2. The molecule has 0 fully saturated rings. The highest BCUT2D eigenvalue weighted by atomic mass is 79.9. The van der Waals surface area contributed by atoms with Crippen molar-refractivity contribution < 1.29 is 9.32 Å². The Morgan fingerprint density at radius 2 is 2.04 bits per heavy atom. The topological polar surface area (TPSA) is 59.2 Å². The molecule has 3 rings (SSSR count). The molecule has 3 aromatic rings. The molecule has 0 saturated carbocycles. The lowest BCUT2D eigenvalue weighted by molar-refractivity contribution is -0.106. The highest BCUT2D eigenvalue weighted by Crippen LogP contribution is 2.38. The molecule has 23 heavy (non-hydrogen) atoms. The van der Waals surface area contributed by atoms with Crippen molar-refractivity contribution >= 4 is 45.4 Å². The van der Waals surface area contributed by atoms with Crippen LogP contribution in [0.15, 0.2) is 51.6 Å². The number of hydrogen-bond donors (Lipinski definition) is 0. The van der Waals surface area contributed by atoms with Gasteiger partial charge in [-0.15, -0.1) is 0 Å². The van der Waals surface area contributed by atoms with Gasteiger partial charge in [0.15, 0.2) is 5.76 Å². The molecule has 0 aliphatic rings. The van der Waals surface area contributed by atoms with Crippen LogP contribution in [0.5, 0.6) is 0 Å². The maximum absolute atomic E-state index is 11.7. The van der Waals surface area contributed by atoms with Crippen LogP contribution < -0.4 is 4.90 Å². The number of benzene rings is 1. The number of hydrogen-bond acceptors (Lipinski definition) is 4. The minimum atomic E-state index is 0.461. The van der Waals surface area contributed by atoms with E-state index in [0.29, 0.717) is 40.0 Å². The SMILES string of the molecule is Cc1onc(-c2ccccc2Cl)c1N(C=O)c1ccc(Br)cn1. The fraction of sp³-hybridized carbons (Fsp3) is 0.0625. The van der Waals surface area contributed by atoms with Crippen molar-refractivity contribution in [2.45, 2.75) is 6.92 Å². The molecule has 0 saturated heterocycles. The summed E-state index contributed by atoms with van der Waals surface area (Å²) in [5, 5.41) is 4.59. The molecule has 2 aromatic heterocycles. The van der Waals surface area contributed by atoms with Gasteiger partial charge in [-0.1, -0.05) is 35.0 Å². The maximum atomic E-state index is 11.7. The predicted molar refractivity (Wildman–Crippen MR) is 91.8 cm³/mol. The molecule has 0 aliphatic carbocycles. The molecular weight excluding hydrogens is 382 g/mol. The first-order chi connectivity index (χ1) is 11.1. The minimum Gasteiger partial charge on any atom is -0.359 e. The van der Waals surface area contributed by atoms with Gasteiger partial charge in [-0.3, -0.25) is 9.69 Å². The summed E-state index contributed by atoms with van der Waals surface area (Å²) in [7, 11) is 0. The highest BCUT2D eigenvalue weighted by Gasteiger charge is 2.23. The predicted octanol–water partition coefficient (Wildman–Crippen LogP) is 4.76. The van der Waals surface area contributed by atoms with Crippen molar-refractivity contribution in [3.8, 4) is 11.3 Å². The molecule has 116 valence electrons. The summed E-state index contributed by atoms with van der Waals surface area (Å²) in [6, 6.07) is 10.8. The van der Waals surface area contributed by atoms with E-state index >= 15 is 0 Å². The molecule has 0 N–H and O–H groups in total. The number of aryl methyl sites for hydroxylation is 1. The van der Waals surface area contributed by atoms with Crippen LogP contribution in [0.4, 0.5) is 11.5 Å². The number of anilines is 2. The van der Waals surface area contributed by atoms with E-state index < -0.39 is 0 Å². The number of carbonyl (C=O) groups excluding carboxylic acids is 1. The van der Waals surface area contributed by atoms with Gasteiger partial charge in [0.1, 0.15) is 17.2 Å². The summed E-state index contributed by atoms with van der Waals surface area (Å²) < 4.78 is 6.11. The van der Waals surface area contributed by atoms with Gasteiger partial charge in [0.05, 0.1) is 5.02 Å². The van der Waals surface area contributed by atoms with E-state index in [4.69, 9.17) is 16.1 Å². The number of aromatic nitrogens is 2. The molecule has 0 radical (unpaired) electrons. The Balaban J connectivity index is 2.15. The first-order valence-corrected chi connectivity index (χ1v) is 7.86. The van der Waals surface area contributed by atoms with Crippen LogP contribution >= 0.6 is 27.5 Å². The standard InChI is InChI=1S/C16H11BrClN3O2/c1-10-16(21(9-22)14-7-6-11(17)8-19-14)15(20-23-10)12-4-2-3-5-13(12)18/h2-9H,1H3. The lowest BCUT2D eigenvalue weighted by Gasteiger charge is -2.16. The first kappa shape index (κ1) is 15.7. The summed E-state index contributed by atoms with van der Waals surface area (Å²) >= 11 is 9.57. The number of carbonyl (C=O) groups is 1. The van der Waals surface area contributed by atoms with E-state index in [-0.39, 0.29) is 0 Å². The summed E-state index contributed by atoms with van der Waals surface area (Å²) in [4.78, 5) is 17.3. The van der Waals surface area contributed by atoms with Gasteiger partial charge >= 0.3 is 0 Å². The van der Waals surface area contributed by atoms with Gasteiger partial charge in [0, 0.05) is 16.2 Å². The zero-order valence-electron chi connectivity index (χ0n) is 12.0. The van der Waals surface area contributed by atoms with Crippen LogP contribution in [0.1, 0.15) is 5.76 Å². The highest BCUT2D eigenvalue weighted by molar-refractivity contribution is 9.10. The zero-order chi connectivity index (χ0) is 16.4. The molecule has 1 amide bonds. The summed E-state index contributed by atoms with van der Waals surface area (Å²) in [6.45, 7) is 1.73. The second-order valence-electron chi connectivity index (χ2n) is 4.73. The van der Waals surface area contributed by atoms with Crippen molar-refractivity contribution in [2.24, 2.45) is 0 Å².